The quantitative estimate of drug-likeness (QED) is 0.671. The van der Waals surface area contributed by atoms with Gasteiger partial charge in [-0.2, -0.15) is 5.10 Å². The van der Waals surface area contributed by atoms with Crippen molar-refractivity contribution in [2.75, 3.05) is 0 Å². The van der Waals surface area contributed by atoms with Gasteiger partial charge in [-0.1, -0.05) is 41.9 Å². The molecule has 0 radical (unpaired) electrons. The number of H-pyrrole nitrogens is 1. The molecule has 0 amide bonds. The zero-order chi connectivity index (χ0) is 16.2. The van der Waals surface area contributed by atoms with Crippen molar-refractivity contribution in [3.63, 3.8) is 0 Å². The van der Waals surface area contributed by atoms with E-state index in [0.717, 1.165) is 17.0 Å². The molecule has 1 heterocycles. The highest BCUT2D eigenvalue weighted by Gasteiger charge is 2.18. The number of phenols is 1. The molecule has 3 rings (SSSR count). The van der Waals surface area contributed by atoms with Gasteiger partial charge in [-0.25, -0.2) is 4.98 Å². The van der Waals surface area contributed by atoms with Crippen LogP contribution >= 0.6 is 11.6 Å². The van der Waals surface area contributed by atoms with Crippen LogP contribution in [0.2, 0.25) is 5.02 Å². The van der Waals surface area contributed by atoms with Crippen molar-refractivity contribution in [2.45, 2.75) is 19.5 Å². The van der Waals surface area contributed by atoms with Crippen LogP contribution in [0.3, 0.4) is 0 Å². The minimum absolute atomic E-state index is 0.181. The fraction of sp³-hybridized carbons (Fsp3) is 0.176. The van der Waals surface area contributed by atoms with Crippen LogP contribution < -0.4 is 5.32 Å². The molecule has 0 unspecified atom stereocenters. The lowest BCUT2D eigenvalue weighted by atomic mass is 10.1. The first-order valence-corrected chi connectivity index (χ1v) is 7.66. The van der Waals surface area contributed by atoms with Gasteiger partial charge in [-0.15, -0.1) is 0 Å². The zero-order valence-electron chi connectivity index (χ0n) is 12.6. The summed E-state index contributed by atoms with van der Waals surface area (Å²) in [5.74, 6) is 1.63. The molecule has 118 valence electrons. The van der Waals surface area contributed by atoms with Gasteiger partial charge in [0.25, 0.3) is 0 Å². The molecule has 1 atom stereocenters. The van der Waals surface area contributed by atoms with Gasteiger partial charge in [-0.3, -0.25) is 10.4 Å². The van der Waals surface area contributed by atoms with E-state index in [4.69, 9.17) is 11.6 Å². The number of nitrogens with zero attached hydrogens (tertiary/aromatic N) is 2. The first-order valence-electron chi connectivity index (χ1n) is 7.28. The molecular formula is C17H17ClN4O. The Morgan fingerprint density at radius 1 is 1.22 bits per heavy atom. The van der Waals surface area contributed by atoms with E-state index < -0.39 is 0 Å². The lowest BCUT2D eigenvalue weighted by molar-refractivity contribution is 0.461. The Morgan fingerprint density at radius 2 is 2.00 bits per heavy atom. The Hall–Kier alpha value is -2.37. The molecule has 0 saturated carbocycles. The first kappa shape index (κ1) is 15.5. The van der Waals surface area contributed by atoms with E-state index in [-0.39, 0.29) is 11.8 Å². The number of hydrogen-bond acceptors (Lipinski definition) is 4. The normalized spacial score (nSPS) is 12.3. The highest BCUT2D eigenvalue weighted by molar-refractivity contribution is 6.30. The maximum absolute atomic E-state index is 9.96. The van der Waals surface area contributed by atoms with Crippen LogP contribution in [0.4, 0.5) is 0 Å². The molecular weight excluding hydrogens is 312 g/mol. The second kappa shape index (κ2) is 6.81. The molecule has 5 nitrogen and oxygen atoms in total. The highest BCUT2D eigenvalue weighted by atomic mass is 35.5. The maximum Gasteiger partial charge on any atom is 0.172 e. The van der Waals surface area contributed by atoms with Gasteiger partial charge in [0.2, 0.25) is 0 Å². The Kier molecular flexibility index (Phi) is 4.60. The van der Waals surface area contributed by atoms with Crippen LogP contribution in [0.5, 0.6) is 5.75 Å². The molecule has 0 aliphatic rings. The monoisotopic (exact) mass is 328 g/mol. The van der Waals surface area contributed by atoms with E-state index in [0.29, 0.717) is 17.4 Å². The van der Waals surface area contributed by atoms with Gasteiger partial charge in [-0.05, 0) is 30.7 Å². The summed E-state index contributed by atoms with van der Waals surface area (Å²) in [4.78, 5) is 4.42. The molecule has 2 aromatic carbocycles. The number of aromatic amines is 1. The van der Waals surface area contributed by atoms with Crippen molar-refractivity contribution in [2.24, 2.45) is 0 Å². The molecule has 0 fully saturated rings. The van der Waals surface area contributed by atoms with Crippen molar-refractivity contribution < 1.29 is 5.11 Å². The van der Waals surface area contributed by atoms with Gasteiger partial charge in [0.1, 0.15) is 11.6 Å². The molecule has 23 heavy (non-hydrogen) atoms. The van der Waals surface area contributed by atoms with E-state index >= 15 is 0 Å². The van der Waals surface area contributed by atoms with Crippen molar-refractivity contribution in [1.82, 2.24) is 20.5 Å². The molecule has 0 aliphatic carbocycles. The largest absolute Gasteiger partial charge is 0.508 e. The van der Waals surface area contributed by atoms with Gasteiger partial charge in [0, 0.05) is 17.1 Å². The van der Waals surface area contributed by atoms with Gasteiger partial charge in [0.05, 0.1) is 6.04 Å². The van der Waals surface area contributed by atoms with Crippen LogP contribution in [0.25, 0.3) is 0 Å². The smallest absolute Gasteiger partial charge is 0.172 e. The SMILES string of the molecule is Cc1nc([C@@H](NCc2cc(Cl)ccc2O)c2ccccc2)n[nH]1. The molecule has 3 aromatic rings. The second-order valence-electron chi connectivity index (χ2n) is 5.28. The summed E-state index contributed by atoms with van der Waals surface area (Å²) in [6.45, 7) is 2.31. The fourth-order valence-corrected chi connectivity index (χ4v) is 2.60. The lowest BCUT2D eigenvalue weighted by Gasteiger charge is -2.17. The summed E-state index contributed by atoms with van der Waals surface area (Å²) >= 11 is 6.00. The second-order valence-corrected chi connectivity index (χ2v) is 5.71. The molecule has 0 bridgehead atoms. The Labute approximate surface area is 139 Å². The summed E-state index contributed by atoms with van der Waals surface area (Å²) in [7, 11) is 0. The number of nitrogens with one attached hydrogen (secondary N) is 2. The van der Waals surface area contributed by atoms with Gasteiger partial charge >= 0.3 is 0 Å². The molecule has 3 N–H and O–H groups in total. The number of phenolic OH excluding ortho intramolecular Hbond substituents is 1. The van der Waals surface area contributed by atoms with Crippen LogP contribution in [0.15, 0.2) is 48.5 Å². The van der Waals surface area contributed by atoms with Crippen molar-refractivity contribution in [3.05, 3.63) is 76.3 Å². The number of aryl methyl sites for hydroxylation is 1. The number of aromatic hydroxyl groups is 1. The standard InChI is InChI=1S/C17H17ClN4O/c1-11-20-17(22-21-11)16(12-5-3-2-4-6-12)19-10-13-9-14(18)7-8-15(13)23/h2-9,16,19,23H,10H2,1H3,(H,20,21,22)/t16-/m0/s1. The highest BCUT2D eigenvalue weighted by Crippen LogP contribution is 2.24. The van der Waals surface area contributed by atoms with Gasteiger partial charge in [0.15, 0.2) is 5.82 Å². The third kappa shape index (κ3) is 3.70. The predicted octanol–water partition coefficient (Wildman–Crippen LogP) is 3.35. The fourth-order valence-electron chi connectivity index (χ4n) is 2.40. The third-order valence-corrected chi connectivity index (χ3v) is 3.78. The molecule has 0 saturated heterocycles. The average molecular weight is 329 g/mol. The van der Waals surface area contributed by atoms with Crippen molar-refractivity contribution in [3.8, 4) is 5.75 Å². The van der Waals surface area contributed by atoms with Crippen LogP contribution in [0, 0.1) is 6.92 Å². The first-order chi connectivity index (χ1) is 11.1. The number of benzene rings is 2. The minimum Gasteiger partial charge on any atom is -0.508 e. The Morgan fingerprint density at radius 3 is 2.70 bits per heavy atom. The average Bonchev–Trinajstić information content (AvgIpc) is 2.98. The molecule has 0 spiro atoms. The number of halogens is 1. The number of aromatic nitrogens is 3. The summed E-state index contributed by atoms with van der Waals surface area (Å²) in [5, 5.41) is 21.1. The topological polar surface area (TPSA) is 73.8 Å². The van der Waals surface area contributed by atoms with Crippen molar-refractivity contribution in [1.29, 1.82) is 0 Å². The van der Waals surface area contributed by atoms with E-state index in [2.05, 4.69) is 20.5 Å². The van der Waals surface area contributed by atoms with E-state index in [1.54, 1.807) is 18.2 Å². The van der Waals surface area contributed by atoms with Crippen LogP contribution in [-0.4, -0.2) is 20.3 Å². The Bertz CT molecular complexity index is 788. The number of hydrogen-bond donors (Lipinski definition) is 3. The van der Waals surface area contributed by atoms with E-state index in [9.17, 15) is 5.11 Å². The summed E-state index contributed by atoms with van der Waals surface area (Å²) in [6.07, 6.45) is 0. The number of rotatable bonds is 5. The van der Waals surface area contributed by atoms with Gasteiger partial charge < -0.3 is 5.11 Å². The lowest BCUT2D eigenvalue weighted by Crippen LogP contribution is -2.23. The van der Waals surface area contributed by atoms with E-state index in [1.807, 2.05) is 37.3 Å². The van der Waals surface area contributed by atoms with Crippen LogP contribution in [0.1, 0.15) is 28.8 Å². The molecule has 0 aliphatic heterocycles. The Balaban J connectivity index is 1.86. The zero-order valence-corrected chi connectivity index (χ0v) is 13.4. The van der Waals surface area contributed by atoms with Crippen LogP contribution in [-0.2, 0) is 6.54 Å². The third-order valence-electron chi connectivity index (χ3n) is 3.54. The minimum atomic E-state index is -0.181. The summed E-state index contributed by atoms with van der Waals surface area (Å²) in [5.41, 5.74) is 1.78. The molecule has 1 aromatic heterocycles. The predicted molar refractivity (Wildman–Crippen MR) is 89.4 cm³/mol. The molecule has 6 heteroatoms. The summed E-state index contributed by atoms with van der Waals surface area (Å²) < 4.78 is 0. The van der Waals surface area contributed by atoms with E-state index in [1.165, 1.54) is 0 Å². The van der Waals surface area contributed by atoms with Crippen molar-refractivity contribution >= 4 is 11.6 Å². The summed E-state index contributed by atoms with van der Waals surface area (Å²) in [6, 6.07) is 14.8. The maximum atomic E-state index is 9.96.